The number of nitrogens with one attached hydrogen (secondary N) is 2. The maximum Gasteiger partial charge on any atom is 0.273 e. The first-order chi connectivity index (χ1) is 11.9. The molecule has 0 aromatic heterocycles. The molecule has 0 bridgehead atoms. The van der Waals surface area contributed by atoms with Gasteiger partial charge in [-0.05, 0) is 30.7 Å². The summed E-state index contributed by atoms with van der Waals surface area (Å²) in [5.74, 6) is -0.0544. The predicted molar refractivity (Wildman–Crippen MR) is 96.1 cm³/mol. The van der Waals surface area contributed by atoms with Crippen LogP contribution in [0.4, 0.5) is 11.4 Å². The van der Waals surface area contributed by atoms with E-state index < -0.39 is 4.92 Å². The van der Waals surface area contributed by atoms with Gasteiger partial charge in [0.1, 0.15) is 5.75 Å². The molecule has 0 heterocycles. The number of benzene rings is 2. The number of amides is 1. The highest BCUT2D eigenvalue weighted by atomic mass is 35.5. The summed E-state index contributed by atoms with van der Waals surface area (Å²) in [7, 11) is 1.38. The van der Waals surface area contributed by atoms with Crippen molar-refractivity contribution in [1.29, 1.82) is 0 Å². The first-order valence-corrected chi connectivity index (χ1v) is 7.89. The lowest BCUT2D eigenvalue weighted by atomic mass is 10.1. The second-order valence-corrected chi connectivity index (χ2v) is 5.78. The van der Waals surface area contributed by atoms with E-state index in [-0.39, 0.29) is 29.9 Å². The molecule has 25 heavy (non-hydrogen) atoms. The number of nitro groups is 1. The van der Waals surface area contributed by atoms with Crippen LogP contribution < -0.4 is 15.4 Å². The van der Waals surface area contributed by atoms with E-state index in [1.54, 1.807) is 12.1 Å². The molecule has 0 fully saturated rings. The fourth-order valence-electron chi connectivity index (χ4n) is 2.21. The van der Waals surface area contributed by atoms with Gasteiger partial charge in [-0.3, -0.25) is 14.9 Å². The summed E-state index contributed by atoms with van der Waals surface area (Å²) in [5.41, 5.74) is 1.27. The van der Waals surface area contributed by atoms with Gasteiger partial charge in [0, 0.05) is 17.1 Å². The van der Waals surface area contributed by atoms with E-state index in [1.807, 2.05) is 19.1 Å². The van der Waals surface area contributed by atoms with Crippen molar-refractivity contribution in [3.63, 3.8) is 0 Å². The average molecular weight is 364 g/mol. The van der Waals surface area contributed by atoms with Crippen LogP contribution in [0.5, 0.6) is 5.75 Å². The van der Waals surface area contributed by atoms with Crippen molar-refractivity contribution in [2.75, 3.05) is 19.0 Å². The SMILES string of the molecule is COc1cc([N+](=O)[O-])ccc1NC(=O)CN[C@@H](C)c1ccc(Cl)cc1. The number of halogens is 1. The Kier molecular flexibility index (Phi) is 6.32. The molecule has 0 aliphatic rings. The van der Waals surface area contributed by atoms with E-state index >= 15 is 0 Å². The average Bonchev–Trinajstić information content (AvgIpc) is 2.60. The number of non-ortho nitro benzene ring substituents is 1. The number of carbonyl (C=O) groups excluding carboxylic acids is 1. The zero-order valence-corrected chi connectivity index (χ0v) is 14.5. The third-order valence-corrected chi connectivity index (χ3v) is 3.86. The Morgan fingerprint density at radius 1 is 1.28 bits per heavy atom. The summed E-state index contributed by atoms with van der Waals surface area (Å²) >= 11 is 5.85. The summed E-state index contributed by atoms with van der Waals surface area (Å²) in [6.07, 6.45) is 0. The molecule has 2 rings (SSSR count). The Morgan fingerprint density at radius 2 is 1.96 bits per heavy atom. The molecule has 0 saturated carbocycles. The fraction of sp³-hybridized carbons (Fsp3) is 0.235. The summed E-state index contributed by atoms with van der Waals surface area (Å²) in [6.45, 7) is 2.01. The van der Waals surface area contributed by atoms with Crippen molar-refractivity contribution in [3.05, 3.63) is 63.2 Å². The molecule has 2 aromatic carbocycles. The van der Waals surface area contributed by atoms with Crippen LogP contribution in [0.15, 0.2) is 42.5 Å². The molecule has 0 unspecified atom stereocenters. The zero-order valence-electron chi connectivity index (χ0n) is 13.8. The van der Waals surface area contributed by atoms with Crippen molar-refractivity contribution in [1.82, 2.24) is 5.32 Å². The summed E-state index contributed by atoms with van der Waals surface area (Å²) in [6, 6.07) is 11.3. The monoisotopic (exact) mass is 363 g/mol. The number of nitro benzene ring substituents is 1. The van der Waals surface area contributed by atoms with Crippen molar-refractivity contribution < 1.29 is 14.5 Å². The van der Waals surface area contributed by atoms with Gasteiger partial charge in [-0.15, -0.1) is 0 Å². The highest BCUT2D eigenvalue weighted by Crippen LogP contribution is 2.28. The number of hydrogen-bond acceptors (Lipinski definition) is 5. The van der Waals surface area contributed by atoms with Crippen LogP contribution in [0.2, 0.25) is 5.02 Å². The molecule has 2 N–H and O–H groups in total. The van der Waals surface area contributed by atoms with Crippen LogP contribution >= 0.6 is 11.6 Å². The summed E-state index contributed by atoms with van der Waals surface area (Å²) in [5, 5.41) is 17.2. The second-order valence-electron chi connectivity index (χ2n) is 5.34. The van der Waals surface area contributed by atoms with Gasteiger partial charge < -0.3 is 15.4 Å². The Morgan fingerprint density at radius 3 is 2.56 bits per heavy atom. The van der Waals surface area contributed by atoms with Crippen LogP contribution in [0.25, 0.3) is 0 Å². The molecule has 0 aliphatic heterocycles. The first-order valence-electron chi connectivity index (χ1n) is 7.52. The molecule has 2 aromatic rings. The molecule has 0 aliphatic carbocycles. The molecule has 0 radical (unpaired) electrons. The number of anilines is 1. The number of ether oxygens (including phenoxy) is 1. The maximum absolute atomic E-state index is 12.1. The number of carbonyl (C=O) groups is 1. The van der Waals surface area contributed by atoms with E-state index in [0.29, 0.717) is 10.7 Å². The molecule has 132 valence electrons. The largest absolute Gasteiger partial charge is 0.494 e. The highest BCUT2D eigenvalue weighted by molar-refractivity contribution is 6.30. The number of nitrogens with zero attached hydrogens (tertiary/aromatic N) is 1. The Balaban J connectivity index is 1.96. The normalized spacial score (nSPS) is 11.6. The lowest BCUT2D eigenvalue weighted by Crippen LogP contribution is -2.30. The fourth-order valence-corrected chi connectivity index (χ4v) is 2.33. The van der Waals surface area contributed by atoms with Crippen molar-refractivity contribution >= 4 is 28.9 Å². The first kappa shape index (κ1) is 18.7. The van der Waals surface area contributed by atoms with Crippen LogP contribution in [0.1, 0.15) is 18.5 Å². The topological polar surface area (TPSA) is 93.5 Å². The smallest absolute Gasteiger partial charge is 0.273 e. The Labute approximate surface area is 150 Å². The number of hydrogen-bond donors (Lipinski definition) is 2. The molecule has 8 heteroatoms. The lowest BCUT2D eigenvalue weighted by Gasteiger charge is -2.15. The minimum absolute atomic E-state index is 0.0400. The molecular formula is C17H18ClN3O4. The minimum atomic E-state index is -0.524. The minimum Gasteiger partial charge on any atom is -0.494 e. The van der Waals surface area contributed by atoms with Gasteiger partial charge in [-0.1, -0.05) is 23.7 Å². The van der Waals surface area contributed by atoms with Gasteiger partial charge >= 0.3 is 0 Å². The molecule has 7 nitrogen and oxygen atoms in total. The van der Waals surface area contributed by atoms with Gasteiger partial charge in [0.25, 0.3) is 5.69 Å². The van der Waals surface area contributed by atoms with Crippen molar-refractivity contribution in [2.24, 2.45) is 0 Å². The molecule has 0 spiro atoms. The van der Waals surface area contributed by atoms with E-state index in [1.165, 1.54) is 25.3 Å². The standard InChI is InChI=1S/C17H18ClN3O4/c1-11(12-3-5-13(18)6-4-12)19-10-17(22)20-15-8-7-14(21(23)24)9-16(15)25-2/h3-9,11,19H,10H2,1-2H3,(H,20,22)/t11-/m0/s1. The van der Waals surface area contributed by atoms with Gasteiger partial charge in [-0.25, -0.2) is 0 Å². The second kappa shape index (κ2) is 8.46. The quantitative estimate of drug-likeness (QED) is 0.579. The Bertz CT molecular complexity index is 765. The molecule has 1 atom stereocenters. The van der Waals surface area contributed by atoms with Crippen molar-refractivity contribution in [3.8, 4) is 5.75 Å². The summed E-state index contributed by atoms with van der Waals surface area (Å²) < 4.78 is 5.09. The maximum atomic E-state index is 12.1. The Hall–Kier alpha value is -2.64. The van der Waals surface area contributed by atoms with Gasteiger partial charge in [-0.2, -0.15) is 0 Å². The summed E-state index contributed by atoms with van der Waals surface area (Å²) in [4.78, 5) is 22.4. The molecule has 0 saturated heterocycles. The van der Waals surface area contributed by atoms with E-state index in [4.69, 9.17) is 16.3 Å². The van der Waals surface area contributed by atoms with Crippen LogP contribution in [-0.2, 0) is 4.79 Å². The third-order valence-electron chi connectivity index (χ3n) is 3.61. The van der Waals surface area contributed by atoms with Gasteiger partial charge in [0.15, 0.2) is 0 Å². The van der Waals surface area contributed by atoms with Crippen LogP contribution in [-0.4, -0.2) is 24.5 Å². The highest BCUT2D eigenvalue weighted by Gasteiger charge is 2.14. The lowest BCUT2D eigenvalue weighted by molar-refractivity contribution is -0.384. The zero-order chi connectivity index (χ0) is 18.4. The number of rotatable bonds is 7. The van der Waals surface area contributed by atoms with Crippen LogP contribution in [0, 0.1) is 10.1 Å². The van der Waals surface area contributed by atoms with Crippen molar-refractivity contribution in [2.45, 2.75) is 13.0 Å². The third kappa shape index (κ3) is 5.17. The molecule has 1 amide bonds. The van der Waals surface area contributed by atoms with Gasteiger partial charge in [0.05, 0.1) is 30.3 Å². The number of methoxy groups -OCH3 is 1. The predicted octanol–water partition coefficient (Wildman–Crippen LogP) is 3.55. The van der Waals surface area contributed by atoms with E-state index in [9.17, 15) is 14.9 Å². The molecular weight excluding hydrogens is 346 g/mol. The van der Waals surface area contributed by atoms with Gasteiger partial charge in [0.2, 0.25) is 5.91 Å². The van der Waals surface area contributed by atoms with E-state index in [2.05, 4.69) is 10.6 Å². The van der Waals surface area contributed by atoms with E-state index in [0.717, 1.165) is 5.56 Å². The van der Waals surface area contributed by atoms with Crippen LogP contribution in [0.3, 0.4) is 0 Å².